The Bertz CT molecular complexity index is 967. The van der Waals surface area contributed by atoms with Crippen molar-refractivity contribution in [2.75, 3.05) is 21.3 Å². The summed E-state index contributed by atoms with van der Waals surface area (Å²) in [4.78, 5) is 17.0. The topological polar surface area (TPSA) is 82.8 Å². The summed E-state index contributed by atoms with van der Waals surface area (Å²) < 4.78 is 21.4. The molecule has 1 heterocycles. The zero-order valence-electron chi connectivity index (χ0n) is 16.2. The van der Waals surface area contributed by atoms with Crippen molar-refractivity contribution in [1.29, 1.82) is 0 Å². The lowest BCUT2D eigenvalue weighted by Crippen LogP contribution is -2.27. The predicted molar refractivity (Wildman–Crippen MR) is 104 cm³/mol. The highest BCUT2D eigenvalue weighted by Gasteiger charge is 2.22. The average Bonchev–Trinajstić information content (AvgIpc) is 3.23. The molecule has 1 aromatic heterocycles. The number of benzene rings is 2. The Hall–Kier alpha value is -3.48. The van der Waals surface area contributed by atoms with Crippen molar-refractivity contribution >= 4 is 5.91 Å². The molecule has 1 atom stereocenters. The molecule has 1 amide bonds. The predicted octanol–water partition coefficient (Wildman–Crippen LogP) is 3.86. The second kappa shape index (κ2) is 8.47. The molecule has 1 N–H and O–H groups in total. The lowest BCUT2D eigenvalue weighted by molar-refractivity contribution is 0.0935. The van der Waals surface area contributed by atoms with E-state index in [1.165, 1.54) is 6.39 Å². The number of rotatable bonds is 7. The summed E-state index contributed by atoms with van der Waals surface area (Å²) in [7, 11) is 4.75. The molecule has 0 saturated heterocycles. The molecule has 0 aliphatic heterocycles. The van der Waals surface area contributed by atoms with Gasteiger partial charge in [0.25, 0.3) is 5.91 Å². The number of carbonyl (C=O) groups is 1. The monoisotopic (exact) mass is 382 g/mol. The number of hydrogen-bond donors (Lipinski definition) is 1. The number of aromatic nitrogens is 1. The van der Waals surface area contributed by atoms with Crippen LogP contribution in [-0.2, 0) is 0 Å². The van der Waals surface area contributed by atoms with Crippen molar-refractivity contribution in [2.45, 2.75) is 13.0 Å². The molecule has 7 heteroatoms. The van der Waals surface area contributed by atoms with Crippen molar-refractivity contribution in [3.8, 4) is 28.6 Å². The fraction of sp³-hybridized carbons (Fsp3) is 0.238. The number of oxazole rings is 1. The summed E-state index contributed by atoms with van der Waals surface area (Å²) in [6, 6.07) is 12.3. The van der Waals surface area contributed by atoms with Gasteiger partial charge < -0.3 is 23.9 Å². The SMILES string of the molecule is COc1cccc(-c2ocnc2C(=O)NC(C)c2cc(OC)ccc2OC)c1. The van der Waals surface area contributed by atoms with Gasteiger partial charge in [0.1, 0.15) is 17.2 Å². The summed E-state index contributed by atoms with van der Waals surface area (Å²) in [6.07, 6.45) is 1.25. The van der Waals surface area contributed by atoms with E-state index in [9.17, 15) is 4.79 Å². The third-order valence-corrected chi connectivity index (χ3v) is 4.37. The first-order valence-corrected chi connectivity index (χ1v) is 8.68. The fourth-order valence-electron chi connectivity index (χ4n) is 2.90. The Morgan fingerprint density at radius 2 is 1.79 bits per heavy atom. The highest BCUT2D eigenvalue weighted by atomic mass is 16.5. The first-order chi connectivity index (χ1) is 13.6. The third-order valence-electron chi connectivity index (χ3n) is 4.37. The lowest BCUT2D eigenvalue weighted by Gasteiger charge is -2.18. The van der Waals surface area contributed by atoms with Gasteiger partial charge in [-0.25, -0.2) is 4.98 Å². The van der Waals surface area contributed by atoms with Crippen LogP contribution in [0.15, 0.2) is 53.3 Å². The van der Waals surface area contributed by atoms with Crippen LogP contribution in [0.5, 0.6) is 17.2 Å². The van der Waals surface area contributed by atoms with Crippen LogP contribution < -0.4 is 19.5 Å². The molecule has 0 aliphatic rings. The number of ether oxygens (including phenoxy) is 3. The van der Waals surface area contributed by atoms with Crippen molar-refractivity contribution in [3.05, 3.63) is 60.1 Å². The largest absolute Gasteiger partial charge is 0.497 e. The van der Waals surface area contributed by atoms with Crippen LogP contribution in [0.3, 0.4) is 0 Å². The minimum atomic E-state index is -0.357. The van der Waals surface area contributed by atoms with Crippen LogP contribution in [0.25, 0.3) is 11.3 Å². The van der Waals surface area contributed by atoms with Crippen LogP contribution in [0.2, 0.25) is 0 Å². The summed E-state index contributed by atoms with van der Waals surface area (Å²) in [6.45, 7) is 1.86. The molecule has 0 aliphatic carbocycles. The molecular weight excluding hydrogens is 360 g/mol. The molecule has 0 fully saturated rings. The number of carbonyl (C=O) groups excluding carboxylic acids is 1. The minimum absolute atomic E-state index is 0.196. The molecule has 28 heavy (non-hydrogen) atoms. The molecule has 0 saturated carbocycles. The highest BCUT2D eigenvalue weighted by Crippen LogP contribution is 2.30. The summed E-state index contributed by atoms with van der Waals surface area (Å²) in [5.41, 5.74) is 1.69. The zero-order valence-corrected chi connectivity index (χ0v) is 16.2. The minimum Gasteiger partial charge on any atom is -0.497 e. The molecule has 7 nitrogen and oxygen atoms in total. The second-order valence-corrected chi connectivity index (χ2v) is 6.07. The van der Waals surface area contributed by atoms with E-state index in [-0.39, 0.29) is 17.6 Å². The maximum Gasteiger partial charge on any atom is 0.274 e. The van der Waals surface area contributed by atoms with Gasteiger partial charge in [0, 0.05) is 11.1 Å². The van der Waals surface area contributed by atoms with Crippen LogP contribution in [0.4, 0.5) is 0 Å². The maximum absolute atomic E-state index is 12.9. The number of methoxy groups -OCH3 is 3. The molecule has 3 aromatic rings. The molecule has 1 unspecified atom stereocenters. The summed E-state index contributed by atoms with van der Waals surface area (Å²) >= 11 is 0. The zero-order chi connectivity index (χ0) is 20.1. The van der Waals surface area contributed by atoms with E-state index in [1.807, 2.05) is 31.2 Å². The van der Waals surface area contributed by atoms with Crippen molar-refractivity contribution in [3.63, 3.8) is 0 Å². The van der Waals surface area contributed by atoms with Crippen LogP contribution in [-0.4, -0.2) is 32.2 Å². The van der Waals surface area contributed by atoms with E-state index in [0.717, 1.165) is 5.56 Å². The molecule has 2 aromatic carbocycles. The third kappa shape index (κ3) is 3.93. The normalized spacial score (nSPS) is 11.6. The van der Waals surface area contributed by atoms with Gasteiger partial charge in [-0.15, -0.1) is 0 Å². The number of hydrogen-bond acceptors (Lipinski definition) is 6. The molecule has 146 valence electrons. The smallest absolute Gasteiger partial charge is 0.274 e. The van der Waals surface area contributed by atoms with E-state index < -0.39 is 0 Å². The molecule has 0 bridgehead atoms. The number of nitrogens with one attached hydrogen (secondary N) is 1. The molecule has 0 spiro atoms. The van der Waals surface area contributed by atoms with E-state index in [1.54, 1.807) is 39.5 Å². The first-order valence-electron chi connectivity index (χ1n) is 8.68. The standard InChI is InChI=1S/C21H22N2O5/c1-13(17-11-16(26-3)8-9-18(17)27-4)23-21(24)19-20(28-12-22-19)14-6-5-7-15(10-14)25-2/h5-13H,1-4H3,(H,23,24). The van der Waals surface area contributed by atoms with E-state index >= 15 is 0 Å². The summed E-state index contributed by atoms with van der Waals surface area (Å²) in [5, 5.41) is 2.94. The van der Waals surface area contributed by atoms with E-state index in [2.05, 4.69) is 10.3 Å². The Morgan fingerprint density at radius 3 is 2.50 bits per heavy atom. The van der Waals surface area contributed by atoms with Gasteiger partial charge in [-0.05, 0) is 37.3 Å². The second-order valence-electron chi connectivity index (χ2n) is 6.07. The van der Waals surface area contributed by atoms with Gasteiger partial charge in [0.2, 0.25) is 0 Å². The maximum atomic E-state index is 12.9. The number of nitrogens with zero attached hydrogens (tertiary/aromatic N) is 1. The Balaban J connectivity index is 1.86. The fourth-order valence-corrected chi connectivity index (χ4v) is 2.90. The van der Waals surface area contributed by atoms with Crippen molar-refractivity contribution < 1.29 is 23.4 Å². The lowest BCUT2D eigenvalue weighted by atomic mass is 10.1. The molecular formula is C21H22N2O5. The van der Waals surface area contributed by atoms with Crippen molar-refractivity contribution in [1.82, 2.24) is 10.3 Å². The van der Waals surface area contributed by atoms with Gasteiger partial charge in [0.15, 0.2) is 17.8 Å². The van der Waals surface area contributed by atoms with Gasteiger partial charge in [-0.3, -0.25) is 4.79 Å². The van der Waals surface area contributed by atoms with Crippen LogP contribution >= 0.6 is 0 Å². The Labute approximate surface area is 163 Å². The van der Waals surface area contributed by atoms with E-state index in [4.69, 9.17) is 18.6 Å². The first kappa shape index (κ1) is 19.3. The van der Waals surface area contributed by atoms with Crippen LogP contribution in [0, 0.1) is 0 Å². The van der Waals surface area contributed by atoms with Gasteiger partial charge >= 0.3 is 0 Å². The van der Waals surface area contributed by atoms with Gasteiger partial charge in [-0.1, -0.05) is 12.1 Å². The Morgan fingerprint density at radius 1 is 1.04 bits per heavy atom. The molecule has 3 rings (SSSR count). The summed E-state index contributed by atoms with van der Waals surface area (Å²) in [5.74, 6) is 2.01. The average molecular weight is 382 g/mol. The highest BCUT2D eigenvalue weighted by molar-refractivity contribution is 5.97. The molecule has 0 radical (unpaired) electrons. The van der Waals surface area contributed by atoms with Gasteiger partial charge in [-0.2, -0.15) is 0 Å². The number of amides is 1. The quantitative estimate of drug-likeness (QED) is 0.668. The Kier molecular flexibility index (Phi) is 5.84. The van der Waals surface area contributed by atoms with Gasteiger partial charge in [0.05, 0.1) is 27.4 Å². The van der Waals surface area contributed by atoms with Crippen LogP contribution in [0.1, 0.15) is 29.0 Å². The van der Waals surface area contributed by atoms with E-state index in [0.29, 0.717) is 28.6 Å². The van der Waals surface area contributed by atoms with Crippen molar-refractivity contribution in [2.24, 2.45) is 0 Å².